The number of halogens is 1. The third-order valence-electron chi connectivity index (χ3n) is 1.82. The molecule has 1 N–H and O–H groups in total. The maximum absolute atomic E-state index is 5.18. The lowest BCUT2D eigenvalue weighted by Crippen LogP contribution is -1.86. The molecule has 5 heteroatoms. The molecule has 0 atom stereocenters. The Labute approximate surface area is 106 Å². The van der Waals surface area contributed by atoms with E-state index in [2.05, 4.69) is 32.6 Å². The summed E-state index contributed by atoms with van der Waals surface area (Å²) < 4.78 is 6.37. The molecule has 0 amide bonds. The van der Waals surface area contributed by atoms with Crippen molar-refractivity contribution in [1.82, 2.24) is 9.97 Å². The first-order valence-electron chi connectivity index (χ1n) is 4.30. The van der Waals surface area contributed by atoms with Crippen LogP contribution in [0.3, 0.4) is 0 Å². The summed E-state index contributed by atoms with van der Waals surface area (Å²) in [6, 6.07) is 5.99. The maximum atomic E-state index is 5.18. The van der Waals surface area contributed by atoms with Crippen LogP contribution < -0.4 is 4.74 Å². The Hall–Kier alpha value is -0.690. The van der Waals surface area contributed by atoms with Crippen LogP contribution in [0, 0.1) is 3.57 Å². The third-order valence-corrected chi connectivity index (χ3v) is 4.10. The minimum Gasteiger partial charge on any atom is -0.497 e. The van der Waals surface area contributed by atoms with Gasteiger partial charge in [-0.25, -0.2) is 4.98 Å². The highest BCUT2D eigenvalue weighted by Crippen LogP contribution is 2.31. The van der Waals surface area contributed by atoms with Gasteiger partial charge >= 0.3 is 0 Å². The fourth-order valence-corrected chi connectivity index (χ4v) is 2.55. The Kier molecular flexibility index (Phi) is 3.53. The normalized spacial score (nSPS) is 10.3. The van der Waals surface area contributed by atoms with Crippen LogP contribution in [0.2, 0.25) is 0 Å². The predicted molar refractivity (Wildman–Crippen MR) is 68.4 cm³/mol. The van der Waals surface area contributed by atoms with Crippen molar-refractivity contribution in [2.24, 2.45) is 0 Å². The van der Waals surface area contributed by atoms with Crippen LogP contribution in [-0.4, -0.2) is 17.1 Å². The molecular weight excluding hydrogens is 323 g/mol. The minimum absolute atomic E-state index is 0.865. The molecule has 0 radical (unpaired) electrons. The number of hydrogen-bond donors (Lipinski definition) is 1. The molecule has 2 rings (SSSR count). The molecule has 0 unspecified atom stereocenters. The van der Waals surface area contributed by atoms with Gasteiger partial charge in [0, 0.05) is 20.9 Å². The zero-order valence-corrected chi connectivity index (χ0v) is 11.0. The van der Waals surface area contributed by atoms with Crippen molar-refractivity contribution in [2.75, 3.05) is 7.11 Å². The highest BCUT2D eigenvalue weighted by Gasteiger charge is 2.05. The van der Waals surface area contributed by atoms with Crippen molar-refractivity contribution < 1.29 is 4.74 Å². The van der Waals surface area contributed by atoms with Gasteiger partial charge in [0.2, 0.25) is 0 Å². The first kappa shape index (κ1) is 10.8. The number of imidazole rings is 1. The van der Waals surface area contributed by atoms with Crippen LogP contribution >= 0.6 is 34.4 Å². The van der Waals surface area contributed by atoms with Crippen molar-refractivity contribution in [1.29, 1.82) is 0 Å². The second-order valence-corrected chi connectivity index (χ2v) is 4.99. The quantitative estimate of drug-likeness (QED) is 0.878. The molecule has 15 heavy (non-hydrogen) atoms. The van der Waals surface area contributed by atoms with E-state index in [4.69, 9.17) is 4.74 Å². The van der Waals surface area contributed by atoms with E-state index in [1.165, 1.54) is 3.57 Å². The standard InChI is InChI=1S/C10H9IN2OS/c1-14-7-2-3-8(11)9(6-7)15-10-12-4-5-13-10/h2-6H,1H3,(H,12,13). The molecule has 0 fully saturated rings. The Morgan fingerprint density at radius 1 is 1.47 bits per heavy atom. The molecule has 0 spiro atoms. The molecule has 0 saturated carbocycles. The number of hydrogen-bond acceptors (Lipinski definition) is 3. The molecule has 3 nitrogen and oxygen atoms in total. The Bertz CT molecular complexity index is 445. The van der Waals surface area contributed by atoms with E-state index in [0.717, 1.165) is 15.8 Å². The van der Waals surface area contributed by atoms with Crippen molar-refractivity contribution in [3.8, 4) is 5.75 Å². The Morgan fingerprint density at radius 2 is 2.33 bits per heavy atom. The summed E-state index contributed by atoms with van der Waals surface area (Å²) in [5, 5.41) is 0.890. The first-order chi connectivity index (χ1) is 7.29. The summed E-state index contributed by atoms with van der Waals surface area (Å²) in [7, 11) is 1.67. The summed E-state index contributed by atoms with van der Waals surface area (Å²) in [6.07, 6.45) is 3.56. The zero-order chi connectivity index (χ0) is 10.7. The highest BCUT2D eigenvalue weighted by molar-refractivity contribution is 14.1. The molecule has 0 bridgehead atoms. The average molecular weight is 332 g/mol. The molecular formula is C10H9IN2OS. The maximum Gasteiger partial charge on any atom is 0.170 e. The SMILES string of the molecule is COc1ccc(I)c(Sc2ncc[nH]2)c1. The van der Waals surface area contributed by atoms with E-state index < -0.39 is 0 Å². The molecule has 0 aliphatic rings. The topological polar surface area (TPSA) is 37.9 Å². The number of H-pyrrole nitrogens is 1. The Balaban J connectivity index is 2.27. The Morgan fingerprint density at radius 3 is 3.00 bits per heavy atom. The van der Waals surface area contributed by atoms with Crippen LogP contribution in [0.5, 0.6) is 5.75 Å². The van der Waals surface area contributed by atoms with E-state index >= 15 is 0 Å². The second kappa shape index (κ2) is 4.89. The van der Waals surface area contributed by atoms with E-state index in [0.29, 0.717) is 0 Å². The predicted octanol–water partition coefficient (Wildman–Crippen LogP) is 3.17. The lowest BCUT2D eigenvalue weighted by Gasteiger charge is -2.05. The fraction of sp³-hybridized carbons (Fsp3) is 0.100. The van der Waals surface area contributed by atoms with Crippen molar-refractivity contribution in [3.05, 3.63) is 34.2 Å². The number of nitrogens with zero attached hydrogens (tertiary/aromatic N) is 1. The van der Waals surface area contributed by atoms with E-state index in [-0.39, 0.29) is 0 Å². The average Bonchev–Trinajstić information content (AvgIpc) is 2.74. The van der Waals surface area contributed by atoms with Gasteiger partial charge < -0.3 is 9.72 Å². The van der Waals surface area contributed by atoms with Gasteiger partial charge in [-0.15, -0.1) is 0 Å². The van der Waals surface area contributed by atoms with Crippen LogP contribution in [0.25, 0.3) is 0 Å². The molecule has 0 aliphatic carbocycles. The zero-order valence-electron chi connectivity index (χ0n) is 8.03. The van der Waals surface area contributed by atoms with Crippen molar-refractivity contribution in [2.45, 2.75) is 10.1 Å². The molecule has 78 valence electrons. The summed E-state index contributed by atoms with van der Waals surface area (Å²) in [4.78, 5) is 8.37. The summed E-state index contributed by atoms with van der Waals surface area (Å²) in [5.41, 5.74) is 0. The number of methoxy groups -OCH3 is 1. The highest BCUT2D eigenvalue weighted by atomic mass is 127. The van der Waals surface area contributed by atoms with Crippen LogP contribution in [0.1, 0.15) is 0 Å². The van der Waals surface area contributed by atoms with E-state index in [1.807, 2.05) is 24.4 Å². The van der Waals surface area contributed by atoms with Gasteiger partial charge in [-0.1, -0.05) is 11.8 Å². The van der Waals surface area contributed by atoms with E-state index in [1.54, 1.807) is 25.1 Å². The molecule has 0 aliphatic heterocycles. The van der Waals surface area contributed by atoms with Gasteiger partial charge in [0.15, 0.2) is 5.16 Å². The summed E-state index contributed by atoms with van der Waals surface area (Å²) in [6.45, 7) is 0. The number of aromatic nitrogens is 2. The van der Waals surface area contributed by atoms with Crippen molar-refractivity contribution >= 4 is 34.4 Å². The van der Waals surface area contributed by atoms with Crippen molar-refractivity contribution in [3.63, 3.8) is 0 Å². The van der Waals surface area contributed by atoms with Gasteiger partial charge in [0.1, 0.15) is 5.75 Å². The monoisotopic (exact) mass is 332 g/mol. The van der Waals surface area contributed by atoms with Gasteiger partial charge in [-0.2, -0.15) is 0 Å². The largest absolute Gasteiger partial charge is 0.497 e. The molecule has 2 aromatic rings. The number of benzene rings is 1. The lowest BCUT2D eigenvalue weighted by molar-refractivity contribution is 0.413. The number of aromatic amines is 1. The smallest absolute Gasteiger partial charge is 0.170 e. The number of nitrogens with one attached hydrogen (secondary N) is 1. The summed E-state index contributed by atoms with van der Waals surface area (Å²) in [5.74, 6) is 0.865. The van der Waals surface area contributed by atoms with Crippen LogP contribution in [0.15, 0.2) is 40.6 Å². The number of rotatable bonds is 3. The first-order valence-corrected chi connectivity index (χ1v) is 6.20. The van der Waals surface area contributed by atoms with E-state index in [9.17, 15) is 0 Å². The molecule has 0 saturated heterocycles. The third kappa shape index (κ3) is 2.66. The molecule has 1 heterocycles. The van der Waals surface area contributed by atoms with Crippen LogP contribution in [-0.2, 0) is 0 Å². The lowest BCUT2D eigenvalue weighted by atomic mass is 10.3. The minimum atomic E-state index is 0.865. The molecule has 1 aromatic heterocycles. The van der Waals surface area contributed by atoms with Crippen LogP contribution in [0.4, 0.5) is 0 Å². The van der Waals surface area contributed by atoms with Gasteiger partial charge in [-0.05, 0) is 40.8 Å². The summed E-state index contributed by atoms with van der Waals surface area (Å²) >= 11 is 3.90. The van der Waals surface area contributed by atoms with Gasteiger partial charge in [0.05, 0.1) is 7.11 Å². The van der Waals surface area contributed by atoms with Gasteiger partial charge in [-0.3, -0.25) is 0 Å². The fourth-order valence-electron chi connectivity index (χ4n) is 1.10. The van der Waals surface area contributed by atoms with Gasteiger partial charge in [0.25, 0.3) is 0 Å². The molecule has 1 aromatic carbocycles. The second-order valence-electron chi connectivity index (χ2n) is 2.79. The number of ether oxygens (including phenoxy) is 1.